The molecule has 1 unspecified atom stereocenters. The normalized spacial score (nSPS) is 12.3. The molecule has 22 heavy (non-hydrogen) atoms. The summed E-state index contributed by atoms with van der Waals surface area (Å²) in [5.74, 6) is 0.713. The van der Waals surface area contributed by atoms with E-state index >= 15 is 0 Å². The lowest BCUT2D eigenvalue weighted by Crippen LogP contribution is -2.33. The molecule has 0 fully saturated rings. The summed E-state index contributed by atoms with van der Waals surface area (Å²) in [6.07, 6.45) is 0.813. The van der Waals surface area contributed by atoms with E-state index in [9.17, 15) is 4.79 Å². The zero-order valence-electron chi connectivity index (χ0n) is 12.2. The highest BCUT2D eigenvalue weighted by molar-refractivity contribution is 5.97. The molecule has 6 nitrogen and oxygen atoms in total. The lowest BCUT2D eigenvalue weighted by atomic mass is 10.2. The third-order valence-electron chi connectivity index (χ3n) is 2.88. The molecule has 0 saturated heterocycles. The number of furan rings is 1. The molecule has 1 atom stereocenters. The van der Waals surface area contributed by atoms with E-state index in [4.69, 9.17) is 14.4 Å². The second kappa shape index (κ2) is 7.09. The predicted molar refractivity (Wildman–Crippen MR) is 80.3 cm³/mol. The summed E-state index contributed by atoms with van der Waals surface area (Å²) in [4.78, 5) is 11.9. The largest absolute Gasteiger partial charge is 0.481 e. The third kappa shape index (κ3) is 3.96. The number of benzene rings is 1. The van der Waals surface area contributed by atoms with Crippen molar-refractivity contribution in [2.75, 3.05) is 0 Å². The number of ether oxygens (including phenoxy) is 1. The molecule has 1 amide bonds. The van der Waals surface area contributed by atoms with E-state index in [2.05, 4.69) is 10.5 Å². The van der Waals surface area contributed by atoms with Gasteiger partial charge < -0.3 is 9.15 Å². The van der Waals surface area contributed by atoms with Crippen molar-refractivity contribution in [1.82, 2.24) is 5.43 Å². The molecule has 1 N–H and O–H groups in total. The molecule has 1 aromatic carbocycles. The van der Waals surface area contributed by atoms with E-state index in [0.717, 1.165) is 0 Å². The number of hydrazone groups is 1. The highest BCUT2D eigenvalue weighted by atomic mass is 16.5. The third-order valence-corrected chi connectivity index (χ3v) is 2.88. The van der Waals surface area contributed by atoms with Crippen LogP contribution in [0.25, 0.3) is 0 Å². The topological polar surface area (TPSA) is 87.6 Å². The predicted octanol–water partition coefficient (Wildman–Crippen LogP) is 2.46. The first kappa shape index (κ1) is 15.3. The van der Waals surface area contributed by atoms with Gasteiger partial charge in [-0.25, -0.2) is 5.43 Å². The Labute approximate surface area is 128 Å². The van der Waals surface area contributed by atoms with Crippen LogP contribution >= 0.6 is 0 Å². The van der Waals surface area contributed by atoms with Crippen LogP contribution in [-0.2, 0) is 4.79 Å². The average molecular weight is 297 g/mol. The molecular weight excluding hydrogens is 282 g/mol. The first-order valence-electron chi connectivity index (χ1n) is 6.65. The van der Waals surface area contributed by atoms with E-state index < -0.39 is 6.10 Å². The Bertz CT molecular complexity index is 697. The van der Waals surface area contributed by atoms with E-state index in [1.165, 1.54) is 6.26 Å². The zero-order valence-corrected chi connectivity index (χ0v) is 12.2. The minimum atomic E-state index is -0.721. The molecule has 0 aliphatic heterocycles. The Hall–Kier alpha value is -3.07. The summed E-state index contributed by atoms with van der Waals surface area (Å²) < 4.78 is 10.7. The monoisotopic (exact) mass is 297 g/mol. The first-order valence-corrected chi connectivity index (χ1v) is 6.65. The van der Waals surface area contributed by atoms with Gasteiger partial charge in [0.2, 0.25) is 0 Å². The fourth-order valence-corrected chi connectivity index (χ4v) is 1.64. The molecule has 0 spiro atoms. The second-order valence-electron chi connectivity index (χ2n) is 4.55. The lowest BCUT2D eigenvalue weighted by molar-refractivity contribution is -0.127. The minimum Gasteiger partial charge on any atom is -0.481 e. The Morgan fingerprint density at radius 2 is 2.09 bits per heavy atom. The van der Waals surface area contributed by atoms with Crippen molar-refractivity contribution in [2.24, 2.45) is 5.10 Å². The summed E-state index contributed by atoms with van der Waals surface area (Å²) in [5.41, 5.74) is 3.51. The van der Waals surface area contributed by atoms with Gasteiger partial charge >= 0.3 is 0 Å². The minimum absolute atomic E-state index is 0.379. The van der Waals surface area contributed by atoms with Crippen molar-refractivity contribution in [3.8, 4) is 11.8 Å². The molecule has 0 saturated carbocycles. The van der Waals surface area contributed by atoms with Crippen LogP contribution in [-0.4, -0.2) is 17.7 Å². The van der Waals surface area contributed by atoms with E-state index in [-0.39, 0.29) is 5.91 Å². The smallest absolute Gasteiger partial charge is 0.280 e. The number of hydrogen-bond acceptors (Lipinski definition) is 5. The van der Waals surface area contributed by atoms with Gasteiger partial charge in [0.1, 0.15) is 17.2 Å². The van der Waals surface area contributed by atoms with Crippen LogP contribution in [0, 0.1) is 11.3 Å². The number of rotatable bonds is 5. The van der Waals surface area contributed by atoms with Crippen LogP contribution in [0.5, 0.6) is 5.75 Å². The maximum atomic E-state index is 11.9. The van der Waals surface area contributed by atoms with Gasteiger partial charge in [0.05, 0.1) is 17.9 Å². The fraction of sp³-hybridized carbons (Fsp3) is 0.188. The number of carbonyl (C=O) groups excluding carboxylic acids is 1. The molecular formula is C16H15N3O3. The number of hydrogen-bond donors (Lipinski definition) is 1. The van der Waals surface area contributed by atoms with Gasteiger partial charge in [-0.2, -0.15) is 10.4 Å². The maximum Gasteiger partial charge on any atom is 0.280 e. The maximum absolute atomic E-state index is 11.9. The van der Waals surface area contributed by atoms with Gasteiger partial charge in [-0.15, -0.1) is 0 Å². The SMILES string of the molecule is C/C(=N\NC(=O)C(C)Oc1ccc(C#N)cc1)c1ccco1. The van der Waals surface area contributed by atoms with E-state index in [0.29, 0.717) is 22.8 Å². The molecule has 112 valence electrons. The second-order valence-corrected chi connectivity index (χ2v) is 4.55. The van der Waals surface area contributed by atoms with Gasteiger partial charge in [-0.05, 0) is 50.2 Å². The molecule has 0 aliphatic rings. The van der Waals surface area contributed by atoms with Gasteiger partial charge in [0.25, 0.3) is 5.91 Å². The van der Waals surface area contributed by atoms with E-state index in [1.54, 1.807) is 50.2 Å². The van der Waals surface area contributed by atoms with Gasteiger partial charge in [-0.1, -0.05) is 0 Å². The molecule has 0 aliphatic carbocycles. The summed E-state index contributed by atoms with van der Waals surface area (Å²) in [7, 11) is 0. The highest BCUT2D eigenvalue weighted by Crippen LogP contribution is 2.13. The van der Waals surface area contributed by atoms with Crippen molar-refractivity contribution in [3.05, 3.63) is 54.0 Å². The summed E-state index contributed by atoms with van der Waals surface area (Å²) in [6, 6.07) is 12.0. The number of nitriles is 1. The van der Waals surface area contributed by atoms with Crippen molar-refractivity contribution < 1.29 is 13.9 Å². The molecule has 0 bridgehead atoms. The molecule has 2 aromatic rings. The van der Waals surface area contributed by atoms with E-state index in [1.807, 2.05) is 6.07 Å². The van der Waals surface area contributed by atoms with Crippen molar-refractivity contribution in [3.63, 3.8) is 0 Å². The van der Waals surface area contributed by atoms with Gasteiger partial charge in [0, 0.05) is 0 Å². The molecule has 1 heterocycles. The molecule has 1 aromatic heterocycles. The number of amides is 1. The Morgan fingerprint density at radius 3 is 2.68 bits per heavy atom. The fourth-order valence-electron chi connectivity index (χ4n) is 1.64. The molecule has 0 radical (unpaired) electrons. The lowest BCUT2D eigenvalue weighted by Gasteiger charge is -2.13. The number of nitrogens with one attached hydrogen (secondary N) is 1. The van der Waals surface area contributed by atoms with Crippen molar-refractivity contribution in [1.29, 1.82) is 5.26 Å². The zero-order chi connectivity index (χ0) is 15.9. The van der Waals surface area contributed by atoms with Gasteiger partial charge in [-0.3, -0.25) is 4.79 Å². The summed E-state index contributed by atoms with van der Waals surface area (Å²) in [6.45, 7) is 3.34. The van der Waals surface area contributed by atoms with Crippen LogP contribution in [0.15, 0.2) is 52.2 Å². The van der Waals surface area contributed by atoms with Crippen LogP contribution in [0.2, 0.25) is 0 Å². The van der Waals surface area contributed by atoms with Crippen molar-refractivity contribution >= 4 is 11.6 Å². The van der Waals surface area contributed by atoms with Crippen LogP contribution in [0.4, 0.5) is 0 Å². The van der Waals surface area contributed by atoms with Gasteiger partial charge in [0.15, 0.2) is 6.10 Å². The van der Waals surface area contributed by atoms with Crippen LogP contribution in [0.3, 0.4) is 0 Å². The highest BCUT2D eigenvalue weighted by Gasteiger charge is 2.14. The average Bonchev–Trinajstić information content (AvgIpc) is 3.07. The molecule has 2 rings (SSSR count). The standard InChI is InChI=1S/C16H15N3O3/c1-11(15-4-3-9-21-15)18-19-16(20)12(2)22-14-7-5-13(10-17)6-8-14/h3-9,12H,1-2H3,(H,19,20)/b18-11+. The van der Waals surface area contributed by atoms with Crippen molar-refractivity contribution in [2.45, 2.75) is 20.0 Å². The molecule has 6 heteroatoms. The quantitative estimate of drug-likeness (QED) is 0.678. The first-order chi connectivity index (χ1) is 10.6. The summed E-state index contributed by atoms with van der Waals surface area (Å²) in [5, 5.41) is 12.7. The van der Waals surface area contributed by atoms with Crippen LogP contribution < -0.4 is 10.2 Å². The Balaban J connectivity index is 1.91. The van der Waals surface area contributed by atoms with Crippen LogP contribution in [0.1, 0.15) is 25.2 Å². The Morgan fingerprint density at radius 1 is 1.36 bits per heavy atom. The number of carbonyl (C=O) groups is 1. The summed E-state index contributed by atoms with van der Waals surface area (Å²) >= 11 is 0. The number of nitrogens with zero attached hydrogens (tertiary/aromatic N) is 2. The Kier molecular flexibility index (Phi) is 4.94.